The van der Waals surface area contributed by atoms with Crippen LogP contribution in [0, 0.1) is 5.82 Å². The highest BCUT2D eigenvalue weighted by Crippen LogP contribution is 2.13. The fourth-order valence-electron chi connectivity index (χ4n) is 2.25. The average Bonchev–Trinajstić information content (AvgIpc) is 2.69. The molecule has 0 saturated carbocycles. The lowest BCUT2D eigenvalue weighted by Gasteiger charge is -2.07. The van der Waals surface area contributed by atoms with Crippen molar-refractivity contribution in [1.82, 2.24) is 0 Å². The van der Waals surface area contributed by atoms with Crippen LogP contribution in [0.5, 0.6) is 5.75 Å². The molecule has 0 heterocycles. The van der Waals surface area contributed by atoms with Gasteiger partial charge in [0.1, 0.15) is 11.6 Å². The number of hydrogen-bond acceptors (Lipinski definition) is 4. The number of nitrogen functional groups attached to an aromatic ring is 1. The van der Waals surface area contributed by atoms with E-state index in [1.165, 1.54) is 24.3 Å². The van der Waals surface area contributed by atoms with Crippen LogP contribution in [0.2, 0.25) is 0 Å². The van der Waals surface area contributed by atoms with E-state index in [-0.39, 0.29) is 11.4 Å². The monoisotopic (exact) mass is 403 g/mol. The topological polar surface area (TPSA) is 81.8 Å². The summed E-state index contributed by atoms with van der Waals surface area (Å²) in [5.41, 5.74) is 7.18. The molecule has 0 aliphatic carbocycles. The van der Waals surface area contributed by atoms with E-state index in [0.29, 0.717) is 24.7 Å². The van der Waals surface area contributed by atoms with Gasteiger partial charge in [0.05, 0.1) is 18.8 Å². The molecule has 2 rings (SSSR count). The summed E-state index contributed by atoms with van der Waals surface area (Å²) < 4.78 is 23.0. The van der Waals surface area contributed by atoms with E-state index in [1.54, 1.807) is 24.3 Å². The van der Waals surface area contributed by atoms with Gasteiger partial charge in [-0.25, -0.2) is 9.18 Å². The van der Waals surface area contributed by atoms with Crippen molar-refractivity contribution in [3.63, 3.8) is 0 Å². The quantitative estimate of drug-likeness (QED) is 0.301. The van der Waals surface area contributed by atoms with Crippen LogP contribution < -0.4 is 10.5 Å². The number of aromatic carboxylic acids is 1. The minimum Gasteiger partial charge on any atom is -0.494 e. The first-order chi connectivity index (χ1) is 13.9. The summed E-state index contributed by atoms with van der Waals surface area (Å²) in [6, 6.07) is 12.2. The molecular formula is C23H30FNO4. The molecule has 2 aromatic rings. The van der Waals surface area contributed by atoms with Gasteiger partial charge in [0.2, 0.25) is 0 Å². The van der Waals surface area contributed by atoms with Gasteiger partial charge in [-0.3, -0.25) is 0 Å². The highest BCUT2D eigenvalue weighted by atomic mass is 19.1. The molecule has 0 aliphatic heterocycles. The van der Waals surface area contributed by atoms with Crippen molar-refractivity contribution >= 4 is 11.7 Å². The van der Waals surface area contributed by atoms with E-state index in [4.69, 9.17) is 20.3 Å². The van der Waals surface area contributed by atoms with Crippen molar-refractivity contribution in [1.29, 1.82) is 0 Å². The van der Waals surface area contributed by atoms with Gasteiger partial charge >= 0.3 is 5.97 Å². The molecule has 0 aromatic heterocycles. The molecule has 0 fully saturated rings. The Balaban J connectivity index is 0.000000436. The molecule has 158 valence electrons. The third kappa shape index (κ3) is 12.3. The van der Waals surface area contributed by atoms with Gasteiger partial charge < -0.3 is 20.3 Å². The second-order valence-electron chi connectivity index (χ2n) is 6.65. The van der Waals surface area contributed by atoms with E-state index in [2.05, 4.69) is 6.58 Å². The molecule has 0 amide bonds. The number of carbonyl (C=O) groups is 1. The summed E-state index contributed by atoms with van der Waals surface area (Å²) in [5.74, 6) is -0.459. The zero-order valence-corrected chi connectivity index (χ0v) is 16.9. The minimum absolute atomic E-state index is 0.251. The first-order valence-electron chi connectivity index (χ1n) is 9.58. The fourth-order valence-corrected chi connectivity index (χ4v) is 2.25. The summed E-state index contributed by atoms with van der Waals surface area (Å²) >= 11 is 0. The number of benzene rings is 2. The number of hydrogen-bond donors (Lipinski definition) is 2. The van der Waals surface area contributed by atoms with Crippen molar-refractivity contribution in [2.24, 2.45) is 0 Å². The zero-order valence-electron chi connectivity index (χ0n) is 16.9. The molecule has 6 heteroatoms. The lowest BCUT2D eigenvalue weighted by molar-refractivity contribution is 0.0697. The third-order valence-electron chi connectivity index (χ3n) is 3.77. The molecule has 0 aliphatic rings. The van der Waals surface area contributed by atoms with Crippen LogP contribution in [0.15, 0.2) is 60.7 Å². The second kappa shape index (κ2) is 14.2. The maximum atomic E-state index is 12.0. The molecule has 0 radical (unpaired) electrons. The molecule has 0 saturated heterocycles. The molecule has 0 atom stereocenters. The minimum atomic E-state index is -0.921. The Hall–Kier alpha value is -2.86. The number of carboxylic acid groups (broad SMARTS) is 1. The first-order valence-corrected chi connectivity index (χ1v) is 9.58. The maximum Gasteiger partial charge on any atom is 0.335 e. The van der Waals surface area contributed by atoms with Crippen LogP contribution in [0.25, 0.3) is 0 Å². The Morgan fingerprint density at radius 3 is 2.10 bits per heavy atom. The third-order valence-corrected chi connectivity index (χ3v) is 3.77. The summed E-state index contributed by atoms with van der Waals surface area (Å²) in [5, 5.41) is 8.78. The van der Waals surface area contributed by atoms with Gasteiger partial charge in [-0.1, -0.05) is 18.6 Å². The van der Waals surface area contributed by atoms with Gasteiger partial charge in [-0.15, -0.1) is 0 Å². The molecule has 0 bridgehead atoms. The SMILES string of the molecule is C=C(C)COCCCCCCOc1ccc(C(=O)O)cc1.Nc1ccc(F)cc1. The number of nitrogens with two attached hydrogens (primary N) is 1. The van der Waals surface area contributed by atoms with Gasteiger partial charge in [-0.05, 0) is 74.7 Å². The van der Waals surface area contributed by atoms with Crippen molar-refractivity contribution in [2.75, 3.05) is 25.6 Å². The second-order valence-corrected chi connectivity index (χ2v) is 6.65. The molecule has 29 heavy (non-hydrogen) atoms. The number of ether oxygens (including phenoxy) is 2. The molecule has 3 N–H and O–H groups in total. The molecule has 5 nitrogen and oxygen atoms in total. The number of unbranched alkanes of at least 4 members (excludes halogenated alkanes) is 3. The highest BCUT2D eigenvalue weighted by Gasteiger charge is 2.01. The van der Waals surface area contributed by atoms with Gasteiger partial charge in [0.15, 0.2) is 0 Å². The van der Waals surface area contributed by atoms with Crippen molar-refractivity contribution in [3.8, 4) is 5.75 Å². The summed E-state index contributed by atoms with van der Waals surface area (Å²) in [6.07, 6.45) is 4.27. The van der Waals surface area contributed by atoms with E-state index in [0.717, 1.165) is 37.9 Å². The Bertz CT molecular complexity index is 709. The van der Waals surface area contributed by atoms with Crippen LogP contribution in [0.3, 0.4) is 0 Å². The Morgan fingerprint density at radius 2 is 1.59 bits per heavy atom. The van der Waals surface area contributed by atoms with Crippen LogP contribution in [0.1, 0.15) is 43.0 Å². The number of rotatable bonds is 11. The van der Waals surface area contributed by atoms with E-state index < -0.39 is 5.97 Å². The number of anilines is 1. The fraction of sp³-hybridized carbons (Fsp3) is 0.348. The zero-order chi connectivity index (χ0) is 21.5. The lowest BCUT2D eigenvalue weighted by Crippen LogP contribution is -2.00. The summed E-state index contributed by atoms with van der Waals surface area (Å²) in [7, 11) is 0. The molecular weight excluding hydrogens is 373 g/mol. The molecule has 0 spiro atoms. The molecule has 2 aromatic carbocycles. The van der Waals surface area contributed by atoms with E-state index in [9.17, 15) is 9.18 Å². The van der Waals surface area contributed by atoms with E-state index in [1.807, 2.05) is 6.92 Å². The summed E-state index contributed by atoms with van der Waals surface area (Å²) in [6.45, 7) is 7.82. The van der Waals surface area contributed by atoms with Crippen LogP contribution in [-0.4, -0.2) is 30.9 Å². The smallest absolute Gasteiger partial charge is 0.335 e. The van der Waals surface area contributed by atoms with Crippen LogP contribution in [0.4, 0.5) is 10.1 Å². The Labute approximate surface area is 172 Å². The van der Waals surface area contributed by atoms with Crippen LogP contribution >= 0.6 is 0 Å². The molecule has 0 unspecified atom stereocenters. The van der Waals surface area contributed by atoms with Gasteiger partial charge in [0.25, 0.3) is 0 Å². The standard InChI is InChI=1S/C17H24O4.C6H6FN/c1-14(2)13-20-11-5-3-4-6-12-21-16-9-7-15(8-10-16)17(18)19;7-5-1-3-6(8)4-2-5/h7-10H,1,3-6,11-13H2,2H3,(H,18,19);1-4H,8H2. The van der Waals surface area contributed by atoms with Crippen molar-refractivity contribution in [2.45, 2.75) is 32.6 Å². The largest absolute Gasteiger partial charge is 0.494 e. The van der Waals surface area contributed by atoms with Crippen LogP contribution in [-0.2, 0) is 4.74 Å². The number of carboxylic acids is 1. The van der Waals surface area contributed by atoms with Crippen molar-refractivity contribution in [3.05, 3.63) is 72.1 Å². The first kappa shape index (κ1) is 24.2. The Kier molecular flexibility index (Phi) is 11.8. The van der Waals surface area contributed by atoms with Gasteiger partial charge in [0, 0.05) is 12.3 Å². The van der Waals surface area contributed by atoms with E-state index >= 15 is 0 Å². The lowest BCUT2D eigenvalue weighted by atomic mass is 10.2. The highest BCUT2D eigenvalue weighted by molar-refractivity contribution is 5.87. The van der Waals surface area contributed by atoms with Crippen molar-refractivity contribution < 1.29 is 23.8 Å². The number of halogens is 1. The Morgan fingerprint density at radius 1 is 1.00 bits per heavy atom. The maximum absolute atomic E-state index is 12.0. The predicted octanol–water partition coefficient (Wildman–Crippen LogP) is 5.32. The average molecular weight is 403 g/mol. The summed E-state index contributed by atoms with van der Waals surface area (Å²) in [4.78, 5) is 10.7. The predicted molar refractivity (Wildman–Crippen MR) is 114 cm³/mol. The normalized spacial score (nSPS) is 10.0. The van der Waals surface area contributed by atoms with Gasteiger partial charge in [-0.2, -0.15) is 0 Å².